The monoisotopic (exact) mass is 288 g/mol. The number of nitrogens with one attached hydrogen (secondary N) is 2. The standard InChI is InChI=1S/C12H20N2O4S/c1-10(15)9-13-7-8-14-19(16,17)12-5-3-11(18-2)4-6-12/h3-6,10,13-15H,7-9H2,1-2H3. The molecule has 19 heavy (non-hydrogen) atoms. The molecule has 0 aliphatic heterocycles. The van der Waals surface area contributed by atoms with Crippen LogP contribution >= 0.6 is 0 Å². The maximum Gasteiger partial charge on any atom is 0.240 e. The van der Waals surface area contributed by atoms with Gasteiger partial charge in [-0.1, -0.05) is 0 Å². The molecule has 1 rings (SSSR count). The van der Waals surface area contributed by atoms with Gasteiger partial charge >= 0.3 is 0 Å². The Hall–Kier alpha value is -1.15. The Labute approximate surface area is 113 Å². The first-order valence-electron chi connectivity index (χ1n) is 5.98. The molecular weight excluding hydrogens is 268 g/mol. The van der Waals surface area contributed by atoms with E-state index in [1.165, 1.54) is 19.2 Å². The predicted molar refractivity (Wildman–Crippen MR) is 72.7 cm³/mol. The minimum absolute atomic E-state index is 0.198. The highest BCUT2D eigenvalue weighted by molar-refractivity contribution is 7.89. The van der Waals surface area contributed by atoms with Gasteiger partial charge in [0.1, 0.15) is 5.75 Å². The van der Waals surface area contributed by atoms with Gasteiger partial charge in [0.25, 0.3) is 0 Å². The van der Waals surface area contributed by atoms with Crippen molar-refractivity contribution in [3.63, 3.8) is 0 Å². The lowest BCUT2D eigenvalue weighted by Gasteiger charge is -2.09. The summed E-state index contributed by atoms with van der Waals surface area (Å²) in [6.07, 6.45) is -0.446. The largest absolute Gasteiger partial charge is 0.497 e. The summed E-state index contributed by atoms with van der Waals surface area (Å²) in [5, 5.41) is 12.0. The van der Waals surface area contributed by atoms with Crippen molar-refractivity contribution < 1.29 is 18.3 Å². The number of benzene rings is 1. The third-order valence-corrected chi connectivity index (χ3v) is 3.88. The normalized spacial score (nSPS) is 13.2. The number of methoxy groups -OCH3 is 1. The zero-order valence-electron chi connectivity index (χ0n) is 11.1. The van der Waals surface area contributed by atoms with E-state index in [9.17, 15) is 8.42 Å². The van der Waals surface area contributed by atoms with E-state index in [4.69, 9.17) is 9.84 Å². The lowest BCUT2D eigenvalue weighted by Crippen LogP contribution is -2.34. The number of hydrogen-bond donors (Lipinski definition) is 3. The van der Waals surface area contributed by atoms with E-state index in [1.807, 2.05) is 0 Å². The van der Waals surface area contributed by atoms with Crippen LogP contribution in [0.25, 0.3) is 0 Å². The molecule has 0 aromatic heterocycles. The van der Waals surface area contributed by atoms with Crippen molar-refractivity contribution in [2.75, 3.05) is 26.7 Å². The van der Waals surface area contributed by atoms with Gasteiger partial charge in [0.15, 0.2) is 0 Å². The smallest absolute Gasteiger partial charge is 0.240 e. The number of rotatable bonds is 8. The zero-order chi connectivity index (χ0) is 14.3. The van der Waals surface area contributed by atoms with Crippen LogP contribution in [-0.4, -0.2) is 46.4 Å². The molecule has 6 nitrogen and oxygen atoms in total. The second-order valence-corrected chi connectivity index (χ2v) is 5.89. The summed E-state index contributed by atoms with van der Waals surface area (Å²) in [5.41, 5.74) is 0. The maximum absolute atomic E-state index is 11.9. The van der Waals surface area contributed by atoms with Crippen LogP contribution in [0.1, 0.15) is 6.92 Å². The minimum atomic E-state index is -3.49. The van der Waals surface area contributed by atoms with Crippen LogP contribution in [0.3, 0.4) is 0 Å². The average Bonchev–Trinajstić information content (AvgIpc) is 2.38. The first kappa shape index (κ1) is 15.9. The Balaban J connectivity index is 2.46. The van der Waals surface area contributed by atoms with Crippen LogP contribution < -0.4 is 14.8 Å². The van der Waals surface area contributed by atoms with Gasteiger partial charge in [0, 0.05) is 19.6 Å². The molecule has 0 radical (unpaired) electrons. The van der Waals surface area contributed by atoms with Crippen LogP contribution in [0.5, 0.6) is 5.75 Å². The van der Waals surface area contributed by atoms with Crippen molar-refractivity contribution in [1.82, 2.24) is 10.0 Å². The second kappa shape index (κ2) is 7.44. The maximum atomic E-state index is 11.9. The average molecular weight is 288 g/mol. The van der Waals surface area contributed by atoms with Gasteiger partial charge in [-0.25, -0.2) is 13.1 Å². The van der Waals surface area contributed by atoms with Gasteiger partial charge in [-0.2, -0.15) is 0 Å². The van der Waals surface area contributed by atoms with E-state index in [0.29, 0.717) is 18.8 Å². The molecule has 1 unspecified atom stereocenters. The van der Waals surface area contributed by atoms with E-state index >= 15 is 0 Å². The molecule has 0 bridgehead atoms. The third kappa shape index (κ3) is 5.56. The quantitative estimate of drug-likeness (QED) is 0.584. The van der Waals surface area contributed by atoms with Crippen LogP contribution in [-0.2, 0) is 10.0 Å². The number of ether oxygens (including phenoxy) is 1. The molecule has 0 saturated carbocycles. The van der Waals surface area contributed by atoms with Gasteiger partial charge in [0.05, 0.1) is 18.1 Å². The molecule has 0 aliphatic carbocycles. The Morgan fingerprint density at radius 1 is 1.26 bits per heavy atom. The highest BCUT2D eigenvalue weighted by Gasteiger charge is 2.12. The first-order valence-corrected chi connectivity index (χ1v) is 7.46. The van der Waals surface area contributed by atoms with Crippen LogP contribution in [0.15, 0.2) is 29.2 Å². The molecule has 0 spiro atoms. The molecule has 7 heteroatoms. The van der Waals surface area contributed by atoms with E-state index in [1.54, 1.807) is 19.1 Å². The lowest BCUT2D eigenvalue weighted by atomic mass is 10.3. The summed E-state index contributed by atoms with van der Waals surface area (Å²) < 4.78 is 31.2. The number of sulfonamides is 1. The molecule has 0 fully saturated rings. The third-order valence-electron chi connectivity index (χ3n) is 2.40. The van der Waals surface area contributed by atoms with Gasteiger partial charge in [-0.3, -0.25) is 0 Å². The second-order valence-electron chi connectivity index (χ2n) is 4.13. The number of aliphatic hydroxyl groups excluding tert-OH is 1. The first-order chi connectivity index (χ1) is 8.95. The van der Waals surface area contributed by atoms with Crippen molar-refractivity contribution in [1.29, 1.82) is 0 Å². The fourth-order valence-corrected chi connectivity index (χ4v) is 2.45. The highest BCUT2D eigenvalue weighted by Crippen LogP contribution is 2.14. The Kier molecular flexibility index (Phi) is 6.23. The molecule has 0 aliphatic rings. The van der Waals surface area contributed by atoms with Crippen molar-refractivity contribution in [3.05, 3.63) is 24.3 Å². The Morgan fingerprint density at radius 3 is 2.42 bits per heavy atom. The van der Waals surface area contributed by atoms with Crippen molar-refractivity contribution in [2.24, 2.45) is 0 Å². The fourth-order valence-electron chi connectivity index (χ4n) is 1.42. The zero-order valence-corrected chi connectivity index (χ0v) is 11.9. The van der Waals surface area contributed by atoms with Crippen molar-refractivity contribution in [2.45, 2.75) is 17.9 Å². The lowest BCUT2D eigenvalue weighted by molar-refractivity contribution is 0.192. The topological polar surface area (TPSA) is 87.7 Å². The minimum Gasteiger partial charge on any atom is -0.497 e. The predicted octanol–water partition coefficient (Wildman–Crippen LogP) is -0.0561. The van der Waals surface area contributed by atoms with Gasteiger partial charge in [0.2, 0.25) is 10.0 Å². The molecule has 108 valence electrons. The Morgan fingerprint density at radius 2 is 1.89 bits per heavy atom. The number of aliphatic hydroxyl groups is 1. The summed E-state index contributed by atoms with van der Waals surface area (Å²) in [5.74, 6) is 0.609. The summed E-state index contributed by atoms with van der Waals surface area (Å²) >= 11 is 0. The fraction of sp³-hybridized carbons (Fsp3) is 0.500. The van der Waals surface area contributed by atoms with E-state index in [-0.39, 0.29) is 11.4 Å². The highest BCUT2D eigenvalue weighted by atomic mass is 32.2. The van der Waals surface area contributed by atoms with Crippen molar-refractivity contribution in [3.8, 4) is 5.75 Å². The molecule has 0 amide bonds. The molecule has 0 heterocycles. The summed E-state index contributed by atoms with van der Waals surface area (Å²) in [4.78, 5) is 0.198. The molecule has 1 atom stereocenters. The van der Waals surface area contributed by atoms with E-state index < -0.39 is 16.1 Å². The SMILES string of the molecule is COc1ccc(S(=O)(=O)NCCNCC(C)O)cc1. The van der Waals surface area contributed by atoms with Crippen LogP contribution in [0.2, 0.25) is 0 Å². The molecule has 1 aromatic rings. The number of hydrogen-bond acceptors (Lipinski definition) is 5. The summed E-state index contributed by atoms with van der Waals surface area (Å²) in [7, 11) is -1.97. The van der Waals surface area contributed by atoms with Gasteiger partial charge in [-0.15, -0.1) is 0 Å². The van der Waals surface area contributed by atoms with Crippen LogP contribution in [0.4, 0.5) is 0 Å². The molecule has 1 aromatic carbocycles. The molecule has 3 N–H and O–H groups in total. The Bertz CT molecular complexity index is 471. The van der Waals surface area contributed by atoms with Gasteiger partial charge in [-0.05, 0) is 31.2 Å². The summed E-state index contributed by atoms with van der Waals surface area (Å²) in [6.45, 7) is 2.82. The van der Waals surface area contributed by atoms with Crippen LogP contribution in [0, 0.1) is 0 Å². The summed E-state index contributed by atoms with van der Waals surface area (Å²) in [6, 6.07) is 6.18. The van der Waals surface area contributed by atoms with Crippen molar-refractivity contribution >= 4 is 10.0 Å². The molecule has 0 saturated heterocycles. The molecular formula is C12H20N2O4S. The van der Waals surface area contributed by atoms with E-state index in [2.05, 4.69) is 10.0 Å². The van der Waals surface area contributed by atoms with Gasteiger partial charge < -0.3 is 15.2 Å². The van der Waals surface area contributed by atoms with E-state index in [0.717, 1.165) is 0 Å².